The Morgan fingerprint density at radius 2 is 1.50 bits per heavy atom. The number of aromatic nitrogens is 1. The molecule has 246 valence electrons. The van der Waals surface area contributed by atoms with Gasteiger partial charge in [0.15, 0.2) is 0 Å². The van der Waals surface area contributed by atoms with E-state index in [2.05, 4.69) is 31.6 Å². The van der Waals surface area contributed by atoms with E-state index in [-0.39, 0.29) is 12.8 Å². The molecule has 14 nitrogen and oxygen atoms in total. The maximum Gasteiger partial charge on any atom is 0.319 e. The maximum absolute atomic E-state index is 13.6. The Morgan fingerprint density at radius 3 is 2.15 bits per heavy atom. The Hall–Kier alpha value is -5.11. The largest absolute Gasteiger partial charge is 0.481 e. The van der Waals surface area contributed by atoms with Crippen LogP contribution >= 0.6 is 11.6 Å². The quantitative estimate of drug-likeness (QED) is 0.115. The number of hydrogen-bond acceptors (Lipinski definition) is 6. The molecule has 9 N–H and O–H groups in total. The molecule has 4 unspecified atom stereocenters. The number of rotatable bonds is 16. The molecule has 0 radical (unpaired) electrons. The van der Waals surface area contributed by atoms with E-state index in [1.807, 2.05) is 31.2 Å². The zero-order valence-corrected chi connectivity index (χ0v) is 26.1. The second-order valence-corrected chi connectivity index (χ2v) is 11.2. The molecule has 2 aromatic carbocycles. The summed E-state index contributed by atoms with van der Waals surface area (Å²) < 4.78 is 0. The number of anilines is 1. The number of carbonyl (C=O) groups is 6. The van der Waals surface area contributed by atoms with Crippen LogP contribution in [0.2, 0.25) is 5.02 Å². The minimum absolute atomic E-state index is 0.0303. The Balaban J connectivity index is 1.76. The number of carbonyl (C=O) groups excluding carboxylic acids is 5. The highest BCUT2D eigenvalue weighted by atomic mass is 35.5. The van der Waals surface area contributed by atoms with Gasteiger partial charge in [0.25, 0.3) is 0 Å². The number of carboxylic acids is 1. The van der Waals surface area contributed by atoms with Crippen LogP contribution in [0.3, 0.4) is 0 Å². The van der Waals surface area contributed by atoms with Gasteiger partial charge in [-0.25, -0.2) is 4.79 Å². The van der Waals surface area contributed by atoms with E-state index in [1.165, 1.54) is 6.92 Å². The summed E-state index contributed by atoms with van der Waals surface area (Å²) in [7, 11) is 0. The molecule has 3 rings (SSSR count). The molecule has 0 aliphatic heterocycles. The fourth-order valence-corrected chi connectivity index (χ4v) is 4.73. The molecule has 3 aromatic rings. The van der Waals surface area contributed by atoms with Crippen LogP contribution in [-0.2, 0) is 30.4 Å². The molecule has 46 heavy (non-hydrogen) atoms. The third-order valence-electron chi connectivity index (χ3n) is 7.09. The van der Waals surface area contributed by atoms with E-state index >= 15 is 0 Å². The van der Waals surface area contributed by atoms with Gasteiger partial charge in [-0.2, -0.15) is 0 Å². The van der Waals surface area contributed by atoms with Gasteiger partial charge in [0, 0.05) is 34.2 Å². The minimum atomic E-state index is -1.52. The third-order valence-corrected chi connectivity index (χ3v) is 7.34. The van der Waals surface area contributed by atoms with Gasteiger partial charge >= 0.3 is 12.0 Å². The number of amides is 6. The first-order chi connectivity index (χ1) is 21.9. The van der Waals surface area contributed by atoms with Crippen LogP contribution in [0.15, 0.2) is 54.7 Å². The molecule has 4 atom stereocenters. The fraction of sp³-hybridized carbons (Fsp3) is 0.355. The lowest BCUT2D eigenvalue weighted by Gasteiger charge is -2.25. The lowest BCUT2D eigenvalue weighted by atomic mass is 10.0. The van der Waals surface area contributed by atoms with Gasteiger partial charge in [-0.15, -0.1) is 0 Å². The molecule has 1 aromatic heterocycles. The van der Waals surface area contributed by atoms with Crippen molar-refractivity contribution in [2.75, 3.05) is 5.32 Å². The van der Waals surface area contributed by atoms with Crippen LogP contribution in [-0.4, -0.2) is 69.9 Å². The Bertz CT molecular complexity index is 1560. The molecule has 0 spiro atoms. The molecule has 0 saturated carbocycles. The van der Waals surface area contributed by atoms with Crippen LogP contribution in [0.25, 0.3) is 10.9 Å². The highest BCUT2D eigenvalue weighted by molar-refractivity contribution is 6.30. The summed E-state index contributed by atoms with van der Waals surface area (Å²) in [4.78, 5) is 78.7. The van der Waals surface area contributed by atoms with Gasteiger partial charge in [0.05, 0.1) is 6.42 Å². The summed E-state index contributed by atoms with van der Waals surface area (Å²) in [6.07, 6.45) is 2.38. The lowest BCUT2D eigenvalue weighted by molar-refractivity contribution is -0.140. The monoisotopic (exact) mass is 655 g/mol. The Kier molecular flexibility index (Phi) is 12.9. The number of para-hydroxylation sites is 1. The summed E-state index contributed by atoms with van der Waals surface area (Å²) in [5, 5.41) is 23.2. The Morgan fingerprint density at radius 1 is 0.870 bits per heavy atom. The third kappa shape index (κ3) is 10.5. The van der Waals surface area contributed by atoms with E-state index in [0.717, 1.165) is 10.9 Å². The average molecular weight is 656 g/mol. The fourth-order valence-electron chi connectivity index (χ4n) is 4.61. The number of carboxylic acid groups (broad SMARTS) is 1. The summed E-state index contributed by atoms with van der Waals surface area (Å²) in [5.41, 5.74) is 7.23. The number of aromatic amines is 1. The van der Waals surface area contributed by atoms with Crippen LogP contribution in [0.4, 0.5) is 10.5 Å². The first kappa shape index (κ1) is 35.4. The zero-order chi connectivity index (χ0) is 33.8. The van der Waals surface area contributed by atoms with Crippen molar-refractivity contribution in [1.29, 1.82) is 0 Å². The number of nitrogens with two attached hydrogens (primary N) is 1. The summed E-state index contributed by atoms with van der Waals surface area (Å²) >= 11 is 5.87. The first-order valence-corrected chi connectivity index (χ1v) is 15.1. The van der Waals surface area contributed by atoms with E-state index in [9.17, 15) is 28.8 Å². The number of aliphatic carboxylic acids is 1. The zero-order valence-electron chi connectivity index (χ0n) is 25.4. The van der Waals surface area contributed by atoms with Crippen molar-refractivity contribution < 1.29 is 33.9 Å². The molecular formula is C31H38ClN7O7. The molecule has 0 fully saturated rings. The highest BCUT2D eigenvalue weighted by Gasteiger charge is 2.31. The average Bonchev–Trinajstić information content (AvgIpc) is 3.41. The normalized spacial score (nSPS) is 13.5. The van der Waals surface area contributed by atoms with Gasteiger partial charge < -0.3 is 42.4 Å². The molecule has 0 aliphatic rings. The SMILES string of the molecule is CCCCC(NC(=O)C(C)NC(=O)Nc1ccc(Cl)cc1)C(=O)NC(Cc1c[nH]c2ccccc12)C(=O)NC(CC(=O)O)C(N)=O. The Labute approximate surface area is 270 Å². The maximum atomic E-state index is 13.6. The summed E-state index contributed by atoms with van der Waals surface area (Å²) in [6, 6.07) is 8.11. The standard InChI is InChI=1S/C31H38ClN7O7/c1-3-4-8-23(37-28(43)17(2)35-31(46)36-20-12-10-19(32)11-13-20)29(44)39-25(30(45)38-24(27(33)42)15-26(40)41)14-18-16-34-22-9-6-5-7-21(18)22/h5-7,9-13,16-17,23-25,34H,3-4,8,14-15H2,1-2H3,(H2,33,42)(H,37,43)(H,38,45)(H,39,44)(H,40,41)(H2,35,36,46). The molecule has 0 saturated heterocycles. The first-order valence-electron chi connectivity index (χ1n) is 14.7. The van der Waals surface area contributed by atoms with Crippen molar-refractivity contribution in [3.05, 3.63) is 65.3 Å². The van der Waals surface area contributed by atoms with E-state index in [1.54, 1.807) is 30.5 Å². The van der Waals surface area contributed by atoms with E-state index in [4.69, 9.17) is 22.4 Å². The number of nitrogens with one attached hydrogen (secondary N) is 6. The summed E-state index contributed by atoms with van der Waals surface area (Å²) in [6.45, 7) is 3.35. The van der Waals surface area contributed by atoms with Crippen molar-refractivity contribution in [3.8, 4) is 0 Å². The van der Waals surface area contributed by atoms with Crippen LogP contribution < -0.4 is 32.3 Å². The molecule has 0 aliphatic carbocycles. The van der Waals surface area contributed by atoms with Crippen molar-refractivity contribution >= 4 is 63.8 Å². The van der Waals surface area contributed by atoms with E-state index < -0.39 is 66.2 Å². The molecule has 1 heterocycles. The number of unbranched alkanes of at least 4 members (excludes halogenated alkanes) is 1. The van der Waals surface area contributed by atoms with Gasteiger partial charge in [0.1, 0.15) is 24.2 Å². The summed E-state index contributed by atoms with van der Waals surface area (Å²) in [5.74, 6) is -4.57. The van der Waals surface area contributed by atoms with Gasteiger partial charge in [-0.05, 0) is 49.2 Å². The minimum Gasteiger partial charge on any atom is -0.481 e. The molecule has 15 heteroatoms. The van der Waals surface area contributed by atoms with Gasteiger partial charge in [-0.3, -0.25) is 24.0 Å². The number of benzene rings is 2. The number of urea groups is 1. The van der Waals surface area contributed by atoms with Crippen LogP contribution in [0, 0.1) is 0 Å². The van der Waals surface area contributed by atoms with Crippen LogP contribution in [0.5, 0.6) is 0 Å². The number of fused-ring (bicyclic) bond motifs is 1. The van der Waals surface area contributed by atoms with Gasteiger partial charge in [0.2, 0.25) is 23.6 Å². The molecule has 6 amide bonds. The van der Waals surface area contributed by atoms with Crippen molar-refractivity contribution in [3.63, 3.8) is 0 Å². The molecule has 0 bridgehead atoms. The van der Waals surface area contributed by atoms with E-state index in [0.29, 0.717) is 29.1 Å². The lowest BCUT2D eigenvalue weighted by Crippen LogP contribution is -2.58. The number of H-pyrrole nitrogens is 1. The number of halogens is 1. The van der Waals surface area contributed by atoms with Crippen LogP contribution in [0.1, 0.15) is 45.1 Å². The number of primary amides is 1. The molecular weight excluding hydrogens is 618 g/mol. The topological polar surface area (TPSA) is 225 Å². The number of hydrogen-bond donors (Lipinski definition) is 8. The highest BCUT2D eigenvalue weighted by Crippen LogP contribution is 2.19. The van der Waals surface area contributed by atoms with Crippen molar-refractivity contribution in [1.82, 2.24) is 26.3 Å². The van der Waals surface area contributed by atoms with Gasteiger partial charge in [-0.1, -0.05) is 49.6 Å². The predicted molar refractivity (Wildman–Crippen MR) is 172 cm³/mol. The second kappa shape index (κ2) is 16.8. The second-order valence-electron chi connectivity index (χ2n) is 10.7. The van der Waals surface area contributed by atoms with Crippen molar-refractivity contribution in [2.45, 2.75) is 70.1 Å². The predicted octanol–water partition coefficient (Wildman–Crippen LogP) is 2.18. The van der Waals surface area contributed by atoms with Crippen molar-refractivity contribution in [2.24, 2.45) is 5.73 Å². The smallest absolute Gasteiger partial charge is 0.319 e.